The van der Waals surface area contributed by atoms with E-state index >= 15 is 0 Å². The Bertz CT molecular complexity index is 66.2. The Labute approximate surface area is 81.5 Å². The number of hydrogen-bond acceptors (Lipinski definition) is 2. The summed E-state index contributed by atoms with van der Waals surface area (Å²) >= 11 is 1.58. The molecule has 0 aromatic carbocycles. The van der Waals surface area contributed by atoms with Crippen molar-refractivity contribution in [2.45, 2.75) is 52.4 Å². The summed E-state index contributed by atoms with van der Waals surface area (Å²) in [6.45, 7) is 5.30. The third-order valence-corrected chi connectivity index (χ3v) is 2.35. The van der Waals surface area contributed by atoms with E-state index in [1.807, 2.05) is 0 Å². The zero-order chi connectivity index (χ0) is 9.07. The molecule has 0 aliphatic carbocycles. The van der Waals surface area contributed by atoms with Gasteiger partial charge in [-0.2, -0.15) is 0 Å². The van der Waals surface area contributed by atoms with E-state index in [1.54, 1.807) is 12.0 Å². The standard InChI is InChI=1S/C10H22OS/c1-3-5-6-7-8-9-10-11-12-4-2/h3-10H2,1-2H3. The molecule has 0 bridgehead atoms. The molecule has 0 radical (unpaired) electrons. The van der Waals surface area contributed by atoms with Crippen LogP contribution >= 0.6 is 12.0 Å². The van der Waals surface area contributed by atoms with E-state index in [2.05, 4.69) is 13.8 Å². The van der Waals surface area contributed by atoms with Crippen molar-refractivity contribution in [3.8, 4) is 0 Å². The van der Waals surface area contributed by atoms with E-state index in [9.17, 15) is 0 Å². The van der Waals surface area contributed by atoms with Crippen molar-refractivity contribution in [3.05, 3.63) is 0 Å². The molecular weight excluding hydrogens is 168 g/mol. The van der Waals surface area contributed by atoms with Gasteiger partial charge in [-0.15, -0.1) is 0 Å². The fourth-order valence-corrected chi connectivity index (χ4v) is 1.49. The molecule has 0 amide bonds. The summed E-state index contributed by atoms with van der Waals surface area (Å²) < 4.78 is 5.31. The lowest BCUT2D eigenvalue weighted by molar-refractivity contribution is 0.355. The SMILES string of the molecule is CCCCCCCCOSCC. The third kappa shape index (κ3) is 10.3. The van der Waals surface area contributed by atoms with Gasteiger partial charge in [0.1, 0.15) is 0 Å². The minimum Gasteiger partial charge on any atom is -0.315 e. The Morgan fingerprint density at radius 2 is 1.58 bits per heavy atom. The fourth-order valence-electron chi connectivity index (χ4n) is 1.08. The second-order valence-corrected chi connectivity index (χ2v) is 4.05. The molecule has 0 rings (SSSR count). The molecule has 0 N–H and O–H groups in total. The highest BCUT2D eigenvalue weighted by atomic mass is 32.2. The first-order valence-electron chi connectivity index (χ1n) is 5.16. The summed E-state index contributed by atoms with van der Waals surface area (Å²) in [6.07, 6.45) is 8.08. The Morgan fingerprint density at radius 1 is 0.917 bits per heavy atom. The van der Waals surface area contributed by atoms with Gasteiger partial charge in [-0.3, -0.25) is 0 Å². The van der Waals surface area contributed by atoms with Gasteiger partial charge in [0.15, 0.2) is 0 Å². The molecule has 0 saturated carbocycles. The summed E-state index contributed by atoms with van der Waals surface area (Å²) in [7, 11) is 0. The van der Waals surface area contributed by atoms with Gasteiger partial charge >= 0.3 is 0 Å². The van der Waals surface area contributed by atoms with Crippen LogP contribution in [0, 0.1) is 0 Å². The van der Waals surface area contributed by atoms with E-state index < -0.39 is 0 Å². The lowest BCUT2D eigenvalue weighted by Crippen LogP contribution is -1.87. The highest BCUT2D eigenvalue weighted by molar-refractivity contribution is 7.94. The molecule has 12 heavy (non-hydrogen) atoms. The van der Waals surface area contributed by atoms with Crippen LogP contribution in [-0.2, 0) is 4.18 Å². The van der Waals surface area contributed by atoms with E-state index in [1.165, 1.54) is 38.5 Å². The summed E-state index contributed by atoms with van der Waals surface area (Å²) in [5.74, 6) is 1.07. The van der Waals surface area contributed by atoms with Gasteiger partial charge in [0.05, 0.1) is 6.61 Å². The smallest absolute Gasteiger partial charge is 0.0613 e. The van der Waals surface area contributed by atoms with Crippen LogP contribution < -0.4 is 0 Å². The third-order valence-electron chi connectivity index (χ3n) is 1.78. The van der Waals surface area contributed by atoms with Gasteiger partial charge in [0, 0.05) is 5.75 Å². The first-order valence-corrected chi connectivity index (χ1v) is 6.07. The van der Waals surface area contributed by atoms with Crippen molar-refractivity contribution in [2.24, 2.45) is 0 Å². The van der Waals surface area contributed by atoms with Crippen LogP contribution in [-0.4, -0.2) is 12.4 Å². The van der Waals surface area contributed by atoms with Gasteiger partial charge in [-0.25, -0.2) is 0 Å². The molecular formula is C10H22OS. The lowest BCUT2D eigenvalue weighted by atomic mass is 10.1. The first-order chi connectivity index (χ1) is 5.91. The molecule has 1 nitrogen and oxygen atoms in total. The maximum Gasteiger partial charge on any atom is 0.0613 e. The van der Waals surface area contributed by atoms with Crippen LogP contribution in [0.3, 0.4) is 0 Å². The van der Waals surface area contributed by atoms with Crippen molar-refractivity contribution in [3.63, 3.8) is 0 Å². The van der Waals surface area contributed by atoms with Crippen LogP contribution in [0.25, 0.3) is 0 Å². The summed E-state index contributed by atoms with van der Waals surface area (Å²) in [5, 5.41) is 0. The summed E-state index contributed by atoms with van der Waals surface area (Å²) in [5.41, 5.74) is 0. The quantitative estimate of drug-likeness (QED) is 0.401. The molecule has 0 aliphatic heterocycles. The van der Waals surface area contributed by atoms with Gasteiger partial charge in [-0.1, -0.05) is 46.0 Å². The Balaban J connectivity index is 2.73. The largest absolute Gasteiger partial charge is 0.315 e. The fraction of sp³-hybridized carbons (Fsp3) is 1.00. The zero-order valence-electron chi connectivity index (χ0n) is 8.47. The molecule has 0 spiro atoms. The van der Waals surface area contributed by atoms with Crippen molar-refractivity contribution in [1.29, 1.82) is 0 Å². The molecule has 0 aromatic rings. The first kappa shape index (κ1) is 12.3. The van der Waals surface area contributed by atoms with Crippen molar-refractivity contribution >= 4 is 12.0 Å². The van der Waals surface area contributed by atoms with Crippen LogP contribution in [0.1, 0.15) is 52.4 Å². The average molecular weight is 190 g/mol. The molecule has 0 unspecified atom stereocenters. The summed E-state index contributed by atoms with van der Waals surface area (Å²) in [6, 6.07) is 0. The maximum absolute atomic E-state index is 5.31. The molecule has 0 heterocycles. The maximum atomic E-state index is 5.31. The normalized spacial score (nSPS) is 10.5. The minimum atomic E-state index is 0.935. The van der Waals surface area contributed by atoms with Crippen molar-refractivity contribution < 1.29 is 4.18 Å². The number of unbranched alkanes of at least 4 members (excludes halogenated alkanes) is 5. The highest BCUT2D eigenvalue weighted by Gasteiger charge is 1.90. The predicted octanol–water partition coefficient (Wildman–Crippen LogP) is 4.03. The molecule has 2 heteroatoms. The van der Waals surface area contributed by atoms with Crippen LogP contribution in [0.2, 0.25) is 0 Å². The number of hydrogen-bond donors (Lipinski definition) is 0. The second kappa shape index (κ2) is 11.3. The highest BCUT2D eigenvalue weighted by Crippen LogP contribution is 2.07. The molecule has 0 aromatic heterocycles. The molecule has 0 saturated heterocycles. The van der Waals surface area contributed by atoms with E-state index in [-0.39, 0.29) is 0 Å². The predicted molar refractivity (Wildman–Crippen MR) is 57.5 cm³/mol. The molecule has 74 valence electrons. The Morgan fingerprint density at radius 3 is 2.25 bits per heavy atom. The van der Waals surface area contributed by atoms with Crippen LogP contribution in [0.4, 0.5) is 0 Å². The number of rotatable bonds is 9. The summed E-state index contributed by atoms with van der Waals surface area (Å²) in [4.78, 5) is 0. The Kier molecular flexibility index (Phi) is 11.6. The molecule has 0 fully saturated rings. The Hall–Kier alpha value is 0.310. The van der Waals surface area contributed by atoms with Crippen molar-refractivity contribution in [1.82, 2.24) is 0 Å². The minimum absolute atomic E-state index is 0.935. The second-order valence-electron chi connectivity index (χ2n) is 3.00. The molecule has 0 aliphatic rings. The average Bonchev–Trinajstić information content (AvgIpc) is 2.10. The zero-order valence-corrected chi connectivity index (χ0v) is 9.29. The van der Waals surface area contributed by atoms with Gasteiger partial charge < -0.3 is 4.18 Å². The lowest BCUT2D eigenvalue weighted by Gasteiger charge is -2.00. The van der Waals surface area contributed by atoms with Crippen molar-refractivity contribution in [2.75, 3.05) is 12.4 Å². The van der Waals surface area contributed by atoms with Gasteiger partial charge in [-0.05, 0) is 18.5 Å². The van der Waals surface area contributed by atoms with Crippen LogP contribution in [0.5, 0.6) is 0 Å². The van der Waals surface area contributed by atoms with Gasteiger partial charge in [0.2, 0.25) is 0 Å². The van der Waals surface area contributed by atoms with Gasteiger partial charge in [0.25, 0.3) is 0 Å². The topological polar surface area (TPSA) is 9.23 Å². The van der Waals surface area contributed by atoms with Crippen LogP contribution in [0.15, 0.2) is 0 Å². The van der Waals surface area contributed by atoms with E-state index in [0.717, 1.165) is 12.4 Å². The van der Waals surface area contributed by atoms with E-state index in [4.69, 9.17) is 4.18 Å². The monoisotopic (exact) mass is 190 g/mol. The molecule has 0 atom stereocenters. The van der Waals surface area contributed by atoms with E-state index in [0.29, 0.717) is 0 Å².